The van der Waals surface area contributed by atoms with Crippen LogP contribution >= 0.6 is 0 Å². The SMILES string of the molecule is CCCNCC1(c2cc(C)ccc2OC)CCCC1. The van der Waals surface area contributed by atoms with Crippen LogP contribution in [-0.2, 0) is 5.41 Å². The van der Waals surface area contributed by atoms with Crippen molar-refractivity contribution in [1.82, 2.24) is 5.32 Å². The Balaban J connectivity index is 2.30. The Hall–Kier alpha value is -1.02. The van der Waals surface area contributed by atoms with E-state index in [1.54, 1.807) is 7.11 Å². The monoisotopic (exact) mass is 261 g/mol. The van der Waals surface area contributed by atoms with Gasteiger partial charge in [0.05, 0.1) is 7.11 Å². The van der Waals surface area contributed by atoms with Crippen LogP contribution in [0.1, 0.15) is 50.2 Å². The van der Waals surface area contributed by atoms with Gasteiger partial charge in [-0.05, 0) is 38.8 Å². The van der Waals surface area contributed by atoms with Crippen LogP contribution < -0.4 is 10.1 Å². The van der Waals surface area contributed by atoms with Crippen LogP contribution in [-0.4, -0.2) is 20.2 Å². The van der Waals surface area contributed by atoms with Gasteiger partial charge in [0.2, 0.25) is 0 Å². The van der Waals surface area contributed by atoms with E-state index in [1.807, 2.05) is 0 Å². The third kappa shape index (κ3) is 3.11. The Bertz CT molecular complexity index is 408. The van der Waals surface area contributed by atoms with Gasteiger partial charge >= 0.3 is 0 Å². The highest BCUT2D eigenvalue weighted by Crippen LogP contribution is 2.44. The quantitative estimate of drug-likeness (QED) is 0.786. The third-order valence-electron chi connectivity index (χ3n) is 4.38. The highest BCUT2D eigenvalue weighted by molar-refractivity contribution is 5.43. The van der Waals surface area contributed by atoms with Crippen LogP contribution in [0.3, 0.4) is 0 Å². The van der Waals surface area contributed by atoms with E-state index in [9.17, 15) is 0 Å². The molecule has 1 aliphatic carbocycles. The number of aryl methyl sites for hydroxylation is 1. The molecule has 2 heteroatoms. The molecule has 0 bridgehead atoms. The van der Waals surface area contributed by atoms with Gasteiger partial charge in [0.1, 0.15) is 5.75 Å². The Labute approximate surface area is 117 Å². The summed E-state index contributed by atoms with van der Waals surface area (Å²) in [6.07, 6.45) is 6.43. The average Bonchev–Trinajstić information content (AvgIpc) is 2.89. The van der Waals surface area contributed by atoms with E-state index in [4.69, 9.17) is 4.74 Å². The number of ether oxygens (including phenoxy) is 1. The largest absolute Gasteiger partial charge is 0.496 e. The van der Waals surface area contributed by atoms with Gasteiger partial charge in [0.25, 0.3) is 0 Å². The second-order valence-electron chi connectivity index (χ2n) is 5.87. The Morgan fingerprint density at radius 1 is 1.26 bits per heavy atom. The standard InChI is InChI=1S/C17H27NO/c1-4-11-18-13-17(9-5-6-10-17)15-12-14(2)7-8-16(15)19-3/h7-8,12,18H,4-6,9-11,13H2,1-3H3. The first-order chi connectivity index (χ1) is 9.22. The second kappa shape index (κ2) is 6.42. The molecular formula is C17H27NO. The summed E-state index contributed by atoms with van der Waals surface area (Å²) in [6, 6.07) is 6.60. The zero-order chi connectivity index (χ0) is 13.7. The van der Waals surface area contributed by atoms with Gasteiger partial charge in [-0.3, -0.25) is 0 Å². The fourth-order valence-electron chi connectivity index (χ4n) is 3.33. The molecule has 0 saturated heterocycles. The summed E-state index contributed by atoms with van der Waals surface area (Å²) < 4.78 is 5.62. The molecule has 2 nitrogen and oxygen atoms in total. The zero-order valence-corrected chi connectivity index (χ0v) is 12.6. The van der Waals surface area contributed by atoms with E-state index >= 15 is 0 Å². The van der Waals surface area contributed by atoms with Gasteiger partial charge in [-0.2, -0.15) is 0 Å². The van der Waals surface area contributed by atoms with Gasteiger partial charge in [0, 0.05) is 17.5 Å². The molecule has 106 valence electrons. The van der Waals surface area contributed by atoms with Gasteiger partial charge in [-0.1, -0.05) is 37.5 Å². The van der Waals surface area contributed by atoms with Crippen LogP contribution in [0, 0.1) is 6.92 Å². The van der Waals surface area contributed by atoms with Gasteiger partial charge in [-0.25, -0.2) is 0 Å². The molecule has 2 rings (SSSR count). The van der Waals surface area contributed by atoms with Crippen molar-refractivity contribution in [1.29, 1.82) is 0 Å². The number of rotatable bonds is 6. The minimum absolute atomic E-state index is 0.284. The first kappa shape index (κ1) is 14.4. The minimum Gasteiger partial charge on any atom is -0.496 e. The fraction of sp³-hybridized carbons (Fsp3) is 0.647. The summed E-state index contributed by atoms with van der Waals surface area (Å²) in [7, 11) is 1.79. The maximum Gasteiger partial charge on any atom is 0.122 e. The molecule has 0 aromatic heterocycles. The van der Waals surface area contributed by atoms with Crippen LogP contribution in [0.4, 0.5) is 0 Å². The molecule has 0 radical (unpaired) electrons. The smallest absolute Gasteiger partial charge is 0.122 e. The lowest BCUT2D eigenvalue weighted by molar-refractivity contribution is 0.361. The molecular weight excluding hydrogens is 234 g/mol. The summed E-state index contributed by atoms with van der Waals surface area (Å²) in [4.78, 5) is 0. The third-order valence-corrected chi connectivity index (χ3v) is 4.38. The number of hydrogen-bond donors (Lipinski definition) is 1. The van der Waals surface area contributed by atoms with Crippen molar-refractivity contribution in [2.24, 2.45) is 0 Å². The van der Waals surface area contributed by atoms with Crippen molar-refractivity contribution in [3.8, 4) is 5.75 Å². The predicted octanol–water partition coefficient (Wildman–Crippen LogP) is 3.82. The molecule has 0 atom stereocenters. The molecule has 0 aliphatic heterocycles. The highest BCUT2D eigenvalue weighted by atomic mass is 16.5. The van der Waals surface area contributed by atoms with E-state index in [-0.39, 0.29) is 5.41 Å². The second-order valence-corrected chi connectivity index (χ2v) is 5.87. The van der Waals surface area contributed by atoms with Crippen LogP contribution in [0.25, 0.3) is 0 Å². The number of hydrogen-bond acceptors (Lipinski definition) is 2. The average molecular weight is 261 g/mol. The van der Waals surface area contributed by atoms with Crippen molar-refractivity contribution in [2.45, 2.75) is 51.4 Å². The number of benzene rings is 1. The fourth-order valence-corrected chi connectivity index (χ4v) is 3.33. The van der Waals surface area contributed by atoms with Crippen LogP contribution in [0.15, 0.2) is 18.2 Å². The predicted molar refractivity (Wildman–Crippen MR) is 81.0 cm³/mol. The molecule has 1 aliphatic rings. The van der Waals surface area contributed by atoms with Crippen molar-refractivity contribution < 1.29 is 4.74 Å². The molecule has 1 N–H and O–H groups in total. The molecule has 0 heterocycles. The van der Waals surface area contributed by atoms with Crippen molar-refractivity contribution >= 4 is 0 Å². The van der Waals surface area contributed by atoms with Crippen LogP contribution in [0.5, 0.6) is 5.75 Å². The Morgan fingerprint density at radius 3 is 2.63 bits per heavy atom. The summed E-state index contributed by atoms with van der Waals surface area (Å²) >= 11 is 0. The summed E-state index contributed by atoms with van der Waals surface area (Å²) in [5.74, 6) is 1.06. The molecule has 0 spiro atoms. The van der Waals surface area contributed by atoms with Gasteiger partial charge in [-0.15, -0.1) is 0 Å². The van der Waals surface area contributed by atoms with E-state index in [0.29, 0.717) is 0 Å². The van der Waals surface area contributed by atoms with E-state index in [0.717, 1.165) is 18.8 Å². The zero-order valence-electron chi connectivity index (χ0n) is 12.6. The van der Waals surface area contributed by atoms with Gasteiger partial charge < -0.3 is 10.1 Å². The lowest BCUT2D eigenvalue weighted by Crippen LogP contribution is -2.36. The molecule has 1 saturated carbocycles. The molecule has 0 unspecified atom stereocenters. The normalized spacial score (nSPS) is 17.6. The van der Waals surface area contributed by atoms with E-state index in [1.165, 1.54) is 43.2 Å². The Kier molecular flexibility index (Phi) is 4.87. The lowest BCUT2D eigenvalue weighted by Gasteiger charge is -2.32. The minimum atomic E-state index is 0.284. The summed E-state index contributed by atoms with van der Waals surface area (Å²) in [6.45, 7) is 6.59. The molecule has 1 aromatic carbocycles. The first-order valence-electron chi connectivity index (χ1n) is 7.58. The summed E-state index contributed by atoms with van der Waals surface area (Å²) in [5.41, 5.74) is 3.03. The van der Waals surface area contributed by atoms with Crippen molar-refractivity contribution in [3.63, 3.8) is 0 Å². The highest BCUT2D eigenvalue weighted by Gasteiger charge is 2.37. The van der Waals surface area contributed by atoms with Crippen molar-refractivity contribution in [2.75, 3.05) is 20.2 Å². The van der Waals surface area contributed by atoms with Gasteiger partial charge in [0.15, 0.2) is 0 Å². The first-order valence-corrected chi connectivity index (χ1v) is 7.58. The Morgan fingerprint density at radius 2 is 2.00 bits per heavy atom. The van der Waals surface area contributed by atoms with E-state index < -0.39 is 0 Å². The van der Waals surface area contributed by atoms with Crippen molar-refractivity contribution in [3.05, 3.63) is 29.3 Å². The number of nitrogens with one attached hydrogen (secondary N) is 1. The molecule has 1 fully saturated rings. The molecule has 0 amide bonds. The molecule has 19 heavy (non-hydrogen) atoms. The van der Waals surface area contributed by atoms with Crippen LogP contribution in [0.2, 0.25) is 0 Å². The van der Waals surface area contributed by atoms with E-state index in [2.05, 4.69) is 37.4 Å². The maximum absolute atomic E-state index is 5.62. The topological polar surface area (TPSA) is 21.3 Å². The lowest BCUT2D eigenvalue weighted by atomic mass is 9.77. The molecule has 1 aromatic rings. The summed E-state index contributed by atoms with van der Waals surface area (Å²) in [5, 5.41) is 3.63. The maximum atomic E-state index is 5.62. The number of methoxy groups -OCH3 is 1.